The first kappa shape index (κ1) is 16.1. The highest BCUT2D eigenvalue weighted by molar-refractivity contribution is 7.92. The Morgan fingerprint density at radius 3 is 2.52 bits per heavy atom. The zero-order chi connectivity index (χ0) is 16.4. The summed E-state index contributed by atoms with van der Waals surface area (Å²) in [5.41, 5.74) is 1.16. The molecule has 0 atom stereocenters. The molecule has 1 saturated heterocycles. The number of anilines is 2. The Hall–Kier alpha value is -1.79. The summed E-state index contributed by atoms with van der Waals surface area (Å²) in [6.45, 7) is 3.78. The summed E-state index contributed by atoms with van der Waals surface area (Å²) in [7, 11) is -3.65. The maximum Gasteiger partial charge on any atom is 0.261 e. The Morgan fingerprint density at radius 2 is 1.91 bits per heavy atom. The van der Waals surface area contributed by atoms with Crippen molar-refractivity contribution >= 4 is 33.1 Å². The molecule has 0 unspecified atom stereocenters. The van der Waals surface area contributed by atoms with E-state index >= 15 is 0 Å². The molecule has 0 amide bonds. The van der Waals surface area contributed by atoms with Crippen molar-refractivity contribution in [2.45, 2.75) is 24.7 Å². The van der Waals surface area contributed by atoms with Crippen molar-refractivity contribution in [3.05, 3.63) is 47.1 Å². The van der Waals surface area contributed by atoms with E-state index in [9.17, 15) is 8.42 Å². The number of aromatic nitrogens is 1. The molecule has 1 aromatic carbocycles. The fraction of sp³-hybridized carbons (Fsp3) is 0.312. The third-order valence-corrected chi connectivity index (χ3v) is 5.67. The molecule has 1 fully saturated rings. The molecule has 1 aliphatic rings. The number of halogens is 1. The van der Waals surface area contributed by atoms with Gasteiger partial charge in [0.15, 0.2) is 0 Å². The molecule has 122 valence electrons. The van der Waals surface area contributed by atoms with Crippen molar-refractivity contribution in [3.63, 3.8) is 0 Å². The topological polar surface area (TPSA) is 62.3 Å². The maximum atomic E-state index is 12.4. The summed E-state index contributed by atoms with van der Waals surface area (Å²) in [6.07, 6.45) is 3.89. The van der Waals surface area contributed by atoms with Gasteiger partial charge in [-0.1, -0.05) is 11.6 Å². The summed E-state index contributed by atoms with van der Waals surface area (Å²) >= 11 is 5.94. The molecule has 2 heterocycles. The Kier molecular flexibility index (Phi) is 4.46. The van der Waals surface area contributed by atoms with Crippen molar-refractivity contribution in [1.82, 2.24) is 4.98 Å². The van der Waals surface area contributed by atoms with Crippen molar-refractivity contribution < 1.29 is 8.42 Å². The first-order valence-corrected chi connectivity index (χ1v) is 9.32. The van der Waals surface area contributed by atoms with E-state index in [4.69, 9.17) is 11.6 Å². The fourth-order valence-corrected chi connectivity index (χ4v) is 3.82. The van der Waals surface area contributed by atoms with Crippen LogP contribution in [0.3, 0.4) is 0 Å². The molecule has 1 aromatic heterocycles. The van der Waals surface area contributed by atoms with Crippen molar-refractivity contribution in [2.75, 3.05) is 22.7 Å². The smallest absolute Gasteiger partial charge is 0.261 e. The van der Waals surface area contributed by atoms with Gasteiger partial charge in [0.05, 0.1) is 16.8 Å². The number of hydrogen-bond acceptors (Lipinski definition) is 4. The van der Waals surface area contributed by atoms with E-state index in [1.807, 2.05) is 6.07 Å². The molecule has 0 spiro atoms. The van der Waals surface area contributed by atoms with Crippen LogP contribution in [0.5, 0.6) is 0 Å². The van der Waals surface area contributed by atoms with Crippen LogP contribution in [0.15, 0.2) is 41.4 Å². The van der Waals surface area contributed by atoms with Gasteiger partial charge in [-0.2, -0.15) is 0 Å². The highest BCUT2D eigenvalue weighted by atomic mass is 35.5. The van der Waals surface area contributed by atoms with Crippen LogP contribution in [0.25, 0.3) is 0 Å². The number of pyridine rings is 1. The van der Waals surface area contributed by atoms with Crippen molar-refractivity contribution in [2.24, 2.45) is 0 Å². The predicted molar refractivity (Wildman–Crippen MR) is 92.7 cm³/mol. The average Bonchev–Trinajstić information content (AvgIpc) is 3.04. The minimum absolute atomic E-state index is 0.183. The molecule has 0 radical (unpaired) electrons. The van der Waals surface area contributed by atoms with E-state index in [1.165, 1.54) is 18.9 Å². The lowest BCUT2D eigenvalue weighted by Crippen LogP contribution is -2.19. The van der Waals surface area contributed by atoms with Crippen molar-refractivity contribution in [1.29, 1.82) is 0 Å². The molecule has 23 heavy (non-hydrogen) atoms. The third-order valence-electron chi connectivity index (χ3n) is 3.87. The molecule has 0 aliphatic carbocycles. The number of benzene rings is 1. The second-order valence-corrected chi connectivity index (χ2v) is 7.71. The van der Waals surface area contributed by atoms with E-state index in [1.54, 1.807) is 31.3 Å². The monoisotopic (exact) mass is 351 g/mol. The van der Waals surface area contributed by atoms with Gasteiger partial charge in [0.25, 0.3) is 10.0 Å². The predicted octanol–water partition coefficient (Wildman–Crippen LogP) is 3.44. The summed E-state index contributed by atoms with van der Waals surface area (Å²) < 4.78 is 27.4. The van der Waals surface area contributed by atoms with Gasteiger partial charge in [0.1, 0.15) is 5.82 Å². The van der Waals surface area contributed by atoms with Crippen LogP contribution in [-0.2, 0) is 10.0 Å². The molecule has 7 heteroatoms. The Bertz CT molecular complexity index is 801. The van der Waals surface area contributed by atoms with Gasteiger partial charge in [-0.25, -0.2) is 13.4 Å². The Balaban J connectivity index is 1.78. The van der Waals surface area contributed by atoms with Crippen LogP contribution in [0.1, 0.15) is 18.4 Å². The Morgan fingerprint density at radius 1 is 1.17 bits per heavy atom. The van der Waals surface area contributed by atoms with Gasteiger partial charge in [-0.15, -0.1) is 0 Å². The highest BCUT2D eigenvalue weighted by Crippen LogP contribution is 2.23. The quantitative estimate of drug-likeness (QED) is 0.916. The van der Waals surface area contributed by atoms with E-state index in [0.717, 1.165) is 24.5 Å². The van der Waals surface area contributed by atoms with Crippen LogP contribution < -0.4 is 9.62 Å². The van der Waals surface area contributed by atoms with Gasteiger partial charge >= 0.3 is 0 Å². The molecule has 1 aliphatic heterocycles. The average molecular weight is 352 g/mol. The second kappa shape index (κ2) is 6.37. The van der Waals surface area contributed by atoms with Crippen LogP contribution in [-0.4, -0.2) is 26.5 Å². The molecule has 5 nitrogen and oxygen atoms in total. The van der Waals surface area contributed by atoms with Crippen LogP contribution >= 0.6 is 11.6 Å². The molecule has 1 N–H and O–H groups in total. The van der Waals surface area contributed by atoms with Gasteiger partial charge < -0.3 is 4.90 Å². The second-order valence-electron chi connectivity index (χ2n) is 5.62. The number of nitrogens with zero attached hydrogens (tertiary/aromatic N) is 2. The number of nitrogens with one attached hydrogen (secondary N) is 1. The molecular formula is C16H18ClN3O2S. The maximum absolute atomic E-state index is 12.4. The standard InChI is InChI=1S/C16H18ClN3O2S/c1-12-10-14(5-6-15(12)17)23(21,22)19-13-4-7-16(18-11-13)20-8-2-3-9-20/h4-7,10-11,19H,2-3,8-9H2,1H3. The molecule has 2 aromatic rings. The summed E-state index contributed by atoms with van der Waals surface area (Å²) in [5.74, 6) is 0.882. The number of aryl methyl sites for hydroxylation is 1. The fourth-order valence-electron chi connectivity index (χ4n) is 2.58. The number of sulfonamides is 1. The van der Waals surface area contributed by atoms with E-state index in [2.05, 4.69) is 14.6 Å². The van der Waals surface area contributed by atoms with Crippen LogP contribution in [0, 0.1) is 6.92 Å². The number of hydrogen-bond donors (Lipinski definition) is 1. The highest BCUT2D eigenvalue weighted by Gasteiger charge is 2.17. The van der Waals surface area contributed by atoms with Gasteiger partial charge in [0.2, 0.25) is 0 Å². The molecule has 0 saturated carbocycles. The lowest BCUT2D eigenvalue weighted by atomic mass is 10.2. The lowest BCUT2D eigenvalue weighted by molar-refractivity contribution is 0.601. The van der Waals surface area contributed by atoms with Gasteiger partial charge in [-0.3, -0.25) is 4.72 Å². The van der Waals surface area contributed by atoms with Crippen LogP contribution in [0.4, 0.5) is 11.5 Å². The summed E-state index contributed by atoms with van der Waals surface area (Å²) in [5, 5.41) is 0.542. The minimum atomic E-state index is -3.65. The van der Waals surface area contributed by atoms with E-state index < -0.39 is 10.0 Å². The minimum Gasteiger partial charge on any atom is -0.357 e. The SMILES string of the molecule is Cc1cc(S(=O)(=O)Nc2ccc(N3CCCC3)nc2)ccc1Cl. The molecule has 3 rings (SSSR count). The molecule has 0 bridgehead atoms. The van der Waals surface area contributed by atoms with E-state index in [-0.39, 0.29) is 4.90 Å². The Labute approximate surface area is 141 Å². The first-order chi connectivity index (χ1) is 11.0. The lowest BCUT2D eigenvalue weighted by Gasteiger charge is -2.16. The zero-order valence-corrected chi connectivity index (χ0v) is 14.4. The van der Waals surface area contributed by atoms with Gasteiger partial charge in [-0.05, 0) is 55.7 Å². The zero-order valence-electron chi connectivity index (χ0n) is 12.8. The van der Waals surface area contributed by atoms with E-state index in [0.29, 0.717) is 10.7 Å². The third kappa shape index (κ3) is 3.59. The number of rotatable bonds is 4. The molecular weight excluding hydrogens is 334 g/mol. The van der Waals surface area contributed by atoms with Gasteiger partial charge in [0, 0.05) is 18.1 Å². The summed E-state index contributed by atoms with van der Waals surface area (Å²) in [4.78, 5) is 6.73. The normalized spacial score (nSPS) is 15.0. The largest absolute Gasteiger partial charge is 0.357 e. The summed E-state index contributed by atoms with van der Waals surface area (Å²) in [6, 6.07) is 8.21. The first-order valence-electron chi connectivity index (χ1n) is 7.46. The van der Waals surface area contributed by atoms with Crippen LogP contribution in [0.2, 0.25) is 5.02 Å². The van der Waals surface area contributed by atoms with Crippen molar-refractivity contribution in [3.8, 4) is 0 Å².